The van der Waals surface area contributed by atoms with Crippen molar-refractivity contribution in [3.8, 4) is 11.9 Å². The number of sulfonamides is 1. The van der Waals surface area contributed by atoms with Crippen molar-refractivity contribution >= 4 is 15.9 Å². The zero-order valence-corrected chi connectivity index (χ0v) is 17.1. The molecule has 9 nitrogen and oxygen atoms in total. The SMILES string of the molecule is N#Cc1nccnc1OC1CCN(C(=O)c2ccc(S(=O)(=O)N3CCCC3)cc2)C1. The van der Waals surface area contributed by atoms with E-state index >= 15 is 0 Å². The molecule has 1 atom stereocenters. The number of ether oxygens (including phenoxy) is 1. The lowest BCUT2D eigenvalue weighted by atomic mass is 10.2. The molecule has 156 valence electrons. The topological polar surface area (TPSA) is 116 Å². The normalized spacial score (nSPS) is 19.6. The number of hydrogen-bond acceptors (Lipinski definition) is 7. The first kappa shape index (κ1) is 20.3. The van der Waals surface area contributed by atoms with E-state index in [9.17, 15) is 13.2 Å². The molecule has 2 fully saturated rings. The zero-order valence-electron chi connectivity index (χ0n) is 16.3. The van der Waals surface area contributed by atoms with E-state index in [1.165, 1.54) is 28.8 Å². The third-order valence-electron chi connectivity index (χ3n) is 5.29. The summed E-state index contributed by atoms with van der Waals surface area (Å²) in [6.45, 7) is 1.93. The highest BCUT2D eigenvalue weighted by Crippen LogP contribution is 2.23. The van der Waals surface area contributed by atoms with Crippen LogP contribution in [0.3, 0.4) is 0 Å². The summed E-state index contributed by atoms with van der Waals surface area (Å²) >= 11 is 0. The van der Waals surface area contributed by atoms with Crippen molar-refractivity contribution in [2.24, 2.45) is 0 Å². The molecule has 0 spiro atoms. The van der Waals surface area contributed by atoms with Crippen LogP contribution in [0.5, 0.6) is 5.88 Å². The third kappa shape index (κ3) is 3.99. The van der Waals surface area contributed by atoms with E-state index in [0.717, 1.165) is 12.8 Å². The lowest BCUT2D eigenvalue weighted by Gasteiger charge is -2.18. The summed E-state index contributed by atoms with van der Waals surface area (Å²) in [6.07, 6.45) is 4.94. The van der Waals surface area contributed by atoms with Crippen LogP contribution in [0.15, 0.2) is 41.6 Å². The number of nitrogens with zero attached hydrogens (tertiary/aromatic N) is 5. The maximum Gasteiger partial charge on any atom is 0.253 e. The number of carbonyl (C=O) groups excluding carboxylic acids is 1. The molecule has 1 aromatic carbocycles. The fourth-order valence-electron chi connectivity index (χ4n) is 3.68. The molecule has 10 heteroatoms. The molecule has 1 aromatic heterocycles. The highest BCUT2D eigenvalue weighted by Gasteiger charge is 2.30. The van der Waals surface area contributed by atoms with Gasteiger partial charge in [0.2, 0.25) is 15.7 Å². The van der Waals surface area contributed by atoms with E-state index in [1.807, 2.05) is 6.07 Å². The first-order chi connectivity index (χ1) is 14.5. The summed E-state index contributed by atoms with van der Waals surface area (Å²) in [6, 6.07) is 8.02. The third-order valence-corrected chi connectivity index (χ3v) is 7.20. The van der Waals surface area contributed by atoms with Gasteiger partial charge >= 0.3 is 0 Å². The number of hydrogen-bond donors (Lipinski definition) is 0. The number of aromatic nitrogens is 2. The van der Waals surface area contributed by atoms with Crippen molar-refractivity contribution in [1.29, 1.82) is 5.26 Å². The maximum atomic E-state index is 12.8. The fraction of sp³-hybridized carbons (Fsp3) is 0.400. The van der Waals surface area contributed by atoms with Crippen LogP contribution in [0.1, 0.15) is 35.3 Å². The zero-order chi connectivity index (χ0) is 21.1. The van der Waals surface area contributed by atoms with Gasteiger partial charge in [0.1, 0.15) is 12.2 Å². The second-order valence-corrected chi connectivity index (χ2v) is 9.18. The molecule has 0 bridgehead atoms. The Balaban J connectivity index is 1.41. The molecular formula is C20H21N5O4S. The van der Waals surface area contributed by atoms with Crippen molar-refractivity contribution in [2.75, 3.05) is 26.2 Å². The van der Waals surface area contributed by atoms with Crippen LogP contribution >= 0.6 is 0 Å². The predicted octanol–water partition coefficient (Wildman–Crippen LogP) is 1.43. The van der Waals surface area contributed by atoms with Gasteiger partial charge in [-0.15, -0.1) is 0 Å². The molecular weight excluding hydrogens is 406 g/mol. The van der Waals surface area contributed by atoms with Crippen molar-refractivity contribution in [3.05, 3.63) is 47.9 Å². The van der Waals surface area contributed by atoms with Crippen LogP contribution in [0.2, 0.25) is 0 Å². The molecule has 3 heterocycles. The molecule has 1 unspecified atom stereocenters. The van der Waals surface area contributed by atoms with E-state index in [4.69, 9.17) is 10.00 Å². The minimum Gasteiger partial charge on any atom is -0.470 e. The Labute approximate surface area is 175 Å². The van der Waals surface area contributed by atoms with E-state index < -0.39 is 10.0 Å². The van der Waals surface area contributed by atoms with Crippen LogP contribution in [-0.4, -0.2) is 65.8 Å². The molecule has 0 saturated carbocycles. The van der Waals surface area contributed by atoms with Gasteiger partial charge in [0.15, 0.2) is 0 Å². The summed E-state index contributed by atoms with van der Waals surface area (Å²) < 4.78 is 32.5. The Bertz CT molecular complexity index is 1080. The summed E-state index contributed by atoms with van der Waals surface area (Å²) in [4.78, 5) is 22.6. The summed E-state index contributed by atoms with van der Waals surface area (Å²) in [5.41, 5.74) is 0.533. The molecule has 2 aliphatic heterocycles. The molecule has 2 aromatic rings. The Kier molecular flexibility index (Phi) is 5.65. The average molecular weight is 427 g/mol. The predicted molar refractivity (Wildman–Crippen MR) is 106 cm³/mol. The number of rotatable bonds is 5. The van der Waals surface area contributed by atoms with Crippen LogP contribution in [0.25, 0.3) is 0 Å². The summed E-state index contributed by atoms with van der Waals surface area (Å²) in [7, 11) is -3.50. The average Bonchev–Trinajstić information content (AvgIpc) is 3.46. The smallest absolute Gasteiger partial charge is 0.253 e. The molecule has 0 aliphatic carbocycles. The largest absolute Gasteiger partial charge is 0.470 e. The Hall–Kier alpha value is -3.03. The number of benzene rings is 1. The molecule has 0 N–H and O–H groups in total. The van der Waals surface area contributed by atoms with Gasteiger partial charge in [-0.3, -0.25) is 4.79 Å². The first-order valence-corrected chi connectivity index (χ1v) is 11.2. The minimum atomic E-state index is -3.50. The molecule has 30 heavy (non-hydrogen) atoms. The monoisotopic (exact) mass is 427 g/mol. The van der Waals surface area contributed by atoms with Crippen LogP contribution < -0.4 is 4.74 Å². The standard InChI is InChI=1S/C20H21N5O4S/c21-13-18-19(23-9-8-22-18)29-16-7-12-24(14-16)20(26)15-3-5-17(6-4-15)30(27,28)25-10-1-2-11-25/h3-6,8-9,16H,1-2,7,10-12,14H2. The van der Waals surface area contributed by atoms with Crippen LogP contribution in [0, 0.1) is 11.3 Å². The van der Waals surface area contributed by atoms with Crippen molar-refractivity contribution in [2.45, 2.75) is 30.3 Å². The Morgan fingerprint density at radius 2 is 1.80 bits per heavy atom. The number of nitriles is 1. The van der Waals surface area contributed by atoms with Crippen LogP contribution in [0.4, 0.5) is 0 Å². The summed E-state index contributed by atoms with van der Waals surface area (Å²) in [5.74, 6) is -0.0263. The second-order valence-electron chi connectivity index (χ2n) is 7.24. The first-order valence-electron chi connectivity index (χ1n) is 9.76. The maximum absolute atomic E-state index is 12.8. The van der Waals surface area contributed by atoms with Gasteiger partial charge in [-0.2, -0.15) is 9.57 Å². The summed E-state index contributed by atoms with van der Waals surface area (Å²) in [5, 5.41) is 9.09. The van der Waals surface area contributed by atoms with Gasteiger partial charge in [-0.25, -0.2) is 18.4 Å². The molecule has 4 rings (SSSR count). The second kappa shape index (κ2) is 8.38. The van der Waals surface area contributed by atoms with E-state index in [1.54, 1.807) is 17.0 Å². The van der Waals surface area contributed by atoms with Crippen LogP contribution in [-0.2, 0) is 10.0 Å². The quantitative estimate of drug-likeness (QED) is 0.708. The van der Waals surface area contributed by atoms with Gasteiger partial charge in [0, 0.05) is 44.0 Å². The van der Waals surface area contributed by atoms with E-state index in [-0.39, 0.29) is 28.5 Å². The lowest BCUT2D eigenvalue weighted by molar-refractivity contribution is 0.0771. The molecule has 1 amide bonds. The van der Waals surface area contributed by atoms with Gasteiger partial charge in [-0.1, -0.05) is 0 Å². The highest BCUT2D eigenvalue weighted by atomic mass is 32.2. The Morgan fingerprint density at radius 3 is 2.50 bits per heavy atom. The van der Waals surface area contributed by atoms with Crippen molar-refractivity contribution in [1.82, 2.24) is 19.2 Å². The van der Waals surface area contributed by atoms with Gasteiger partial charge in [-0.05, 0) is 37.1 Å². The fourth-order valence-corrected chi connectivity index (χ4v) is 5.20. The molecule has 0 radical (unpaired) electrons. The highest BCUT2D eigenvalue weighted by molar-refractivity contribution is 7.89. The lowest BCUT2D eigenvalue weighted by Crippen LogP contribution is -2.31. The van der Waals surface area contributed by atoms with Gasteiger partial charge < -0.3 is 9.64 Å². The molecule has 2 aliphatic rings. The van der Waals surface area contributed by atoms with Crippen molar-refractivity contribution < 1.29 is 17.9 Å². The number of likely N-dealkylation sites (tertiary alicyclic amines) is 1. The number of amides is 1. The van der Waals surface area contributed by atoms with Gasteiger partial charge in [0.25, 0.3) is 11.8 Å². The van der Waals surface area contributed by atoms with E-state index in [0.29, 0.717) is 38.2 Å². The van der Waals surface area contributed by atoms with Gasteiger partial charge in [0.05, 0.1) is 11.4 Å². The van der Waals surface area contributed by atoms with Crippen molar-refractivity contribution in [3.63, 3.8) is 0 Å². The minimum absolute atomic E-state index is 0.108. The Morgan fingerprint density at radius 1 is 1.10 bits per heavy atom. The molecule has 2 saturated heterocycles. The number of carbonyl (C=O) groups is 1. The van der Waals surface area contributed by atoms with E-state index in [2.05, 4.69) is 9.97 Å².